The van der Waals surface area contributed by atoms with Gasteiger partial charge in [-0.2, -0.15) is 0 Å². The molecule has 1 aliphatic heterocycles. The highest BCUT2D eigenvalue weighted by molar-refractivity contribution is 5.96. The van der Waals surface area contributed by atoms with Crippen LogP contribution in [-0.4, -0.2) is 48.4 Å². The summed E-state index contributed by atoms with van der Waals surface area (Å²) >= 11 is 0. The Balaban J connectivity index is 1.89. The van der Waals surface area contributed by atoms with Gasteiger partial charge in [-0.3, -0.25) is 14.4 Å². The monoisotopic (exact) mass is 332 g/mol. The standard InChI is InChI=1S/C18H24N2O4/c1-2-24-17(22)12-15-10-6-7-11-20(15)16(21)13-19-18(23)14-8-4-3-5-9-14/h3-5,8-9,15H,2,6-7,10-13H2,1H3,(H,19,23). The van der Waals surface area contributed by atoms with Gasteiger partial charge in [-0.15, -0.1) is 0 Å². The fourth-order valence-electron chi connectivity index (χ4n) is 2.90. The van der Waals surface area contributed by atoms with Crippen LogP contribution < -0.4 is 5.32 Å². The third-order valence-corrected chi connectivity index (χ3v) is 4.09. The molecule has 1 aliphatic rings. The maximum atomic E-state index is 12.4. The highest BCUT2D eigenvalue weighted by Crippen LogP contribution is 2.20. The fourth-order valence-corrected chi connectivity index (χ4v) is 2.90. The molecule has 2 amide bonds. The average Bonchev–Trinajstić information content (AvgIpc) is 2.60. The van der Waals surface area contributed by atoms with Gasteiger partial charge in [0.1, 0.15) is 0 Å². The third-order valence-electron chi connectivity index (χ3n) is 4.09. The van der Waals surface area contributed by atoms with E-state index in [1.54, 1.807) is 36.1 Å². The van der Waals surface area contributed by atoms with Crippen LogP contribution in [0.2, 0.25) is 0 Å². The quantitative estimate of drug-likeness (QED) is 0.805. The minimum absolute atomic E-state index is 0.0624. The van der Waals surface area contributed by atoms with Gasteiger partial charge in [0.15, 0.2) is 0 Å². The third kappa shape index (κ3) is 5.08. The van der Waals surface area contributed by atoms with Crippen LogP contribution in [-0.2, 0) is 14.3 Å². The van der Waals surface area contributed by atoms with Crippen molar-refractivity contribution in [3.05, 3.63) is 35.9 Å². The van der Waals surface area contributed by atoms with Crippen molar-refractivity contribution in [3.8, 4) is 0 Å². The van der Waals surface area contributed by atoms with Crippen molar-refractivity contribution in [1.29, 1.82) is 0 Å². The number of rotatable bonds is 6. The van der Waals surface area contributed by atoms with E-state index in [0.717, 1.165) is 19.3 Å². The summed E-state index contributed by atoms with van der Waals surface area (Å²) in [6.07, 6.45) is 2.91. The summed E-state index contributed by atoms with van der Waals surface area (Å²) in [5.74, 6) is -0.716. The predicted octanol–water partition coefficient (Wildman–Crippen LogP) is 1.75. The molecule has 1 saturated heterocycles. The molecule has 1 aromatic rings. The van der Waals surface area contributed by atoms with E-state index in [1.165, 1.54) is 0 Å². The molecule has 1 N–H and O–H groups in total. The molecule has 1 aromatic carbocycles. The maximum absolute atomic E-state index is 12.4. The van der Waals surface area contributed by atoms with E-state index in [0.29, 0.717) is 18.7 Å². The van der Waals surface area contributed by atoms with Crippen LogP contribution in [0, 0.1) is 0 Å². The van der Waals surface area contributed by atoms with Crippen molar-refractivity contribution in [3.63, 3.8) is 0 Å². The largest absolute Gasteiger partial charge is 0.466 e. The smallest absolute Gasteiger partial charge is 0.307 e. The van der Waals surface area contributed by atoms with Crippen molar-refractivity contribution in [2.45, 2.75) is 38.6 Å². The molecule has 0 aromatic heterocycles. The van der Waals surface area contributed by atoms with Crippen LogP contribution in [0.5, 0.6) is 0 Å². The van der Waals surface area contributed by atoms with E-state index in [9.17, 15) is 14.4 Å². The first kappa shape index (κ1) is 18.0. The first-order chi connectivity index (χ1) is 11.6. The number of nitrogens with one attached hydrogen (secondary N) is 1. The van der Waals surface area contributed by atoms with Crippen molar-refractivity contribution in [2.75, 3.05) is 19.7 Å². The molecular weight excluding hydrogens is 308 g/mol. The van der Waals surface area contributed by atoms with E-state index >= 15 is 0 Å². The molecule has 1 unspecified atom stereocenters. The number of benzene rings is 1. The molecule has 1 atom stereocenters. The Kier molecular flexibility index (Phi) is 6.78. The van der Waals surface area contributed by atoms with E-state index in [1.807, 2.05) is 6.07 Å². The highest BCUT2D eigenvalue weighted by Gasteiger charge is 2.28. The predicted molar refractivity (Wildman–Crippen MR) is 89.4 cm³/mol. The van der Waals surface area contributed by atoms with E-state index < -0.39 is 0 Å². The first-order valence-electron chi connectivity index (χ1n) is 8.40. The molecule has 0 bridgehead atoms. The number of nitrogens with zero attached hydrogens (tertiary/aromatic N) is 1. The Morgan fingerprint density at radius 1 is 1.21 bits per heavy atom. The minimum atomic E-state index is -0.282. The van der Waals surface area contributed by atoms with Gasteiger partial charge in [0, 0.05) is 18.2 Å². The summed E-state index contributed by atoms with van der Waals surface area (Å²) in [6.45, 7) is 2.66. The lowest BCUT2D eigenvalue weighted by molar-refractivity contribution is -0.146. The second-order valence-electron chi connectivity index (χ2n) is 5.79. The summed E-state index contributed by atoms with van der Waals surface area (Å²) in [5.41, 5.74) is 0.520. The summed E-state index contributed by atoms with van der Waals surface area (Å²) < 4.78 is 4.98. The molecular formula is C18H24N2O4. The molecule has 2 rings (SSSR count). The lowest BCUT2D eigenvalue weighted by atomic mass is 9.99. The SMILES string of the molecule is CCOC(=O)CC1CCCCN1C(=O)CNC(=O)c1ccccc1. The Morgan fingerprint density at radius 2 is 1.96 bits per heavy atom. The molecule has 0 saturated carbocycles. The number of carbonyl (C=O) groups excluding carboxylic acids is 3. The number of hydrogen-bond acceptors (Lipinski definition) is 4. The summed E-state index contributed by atoms with van der Waals surface area (Å²) in [5, 5.41) is 2.65. The van der Waals surface area contributed by atoms with Crippen molar-refractivity contribution < 1.29 is 19.1 Å². The van der Waals surface area contributed by atoms with Gasteiger partial charge < -0.3 is 15.0 Å². The zero-order valence-corrected chi connectivity index (χ0v) is 14.0. The van der Waals surface area contributed by atoms with Gasteiger partial charge in [-0.1, -0.05) is 18.2 Å². The summed E-state index contributed by atoms with van der Waals surface area (Å²) in [4.78, 5) is 37.9. The van der Waals surface area contributed by atoms with E-state index in [2.05, 4.69) is 5.32 Å². The number of ether oxygens (including phenoxy) is 1. The number of hydrogen-bond donors (Lipinski definition) is 1. The van der Waals surface area contributed by atoms with Gasteiger partial charge in [-0.25, -0.2) is 0 Å². The second-order valence-corrected chi connectivity index (χ2v) is 5.79. The molecule has 0 radical (unpaired) electrons. The van der Waals surface area contributed by atoms with E-state index in [-0.39, 0.29) is 36.8 Å². The topological polar surface area (TPSA) is 75.7 Å². The van der Waals surface area contributed by atoms with Crippen LogP contribution in [0.15, 0.2) is 30.3 Å². The first-order valence-corrected chi connectivity index (χ1v) is 8.40. The Hall–Kier alpha value is -2.37. The zero-order valence-electron chi connectivity index (χ0n) is 14.0. The molecule has 0 aliphatic carbocycles. The van der Waals surface area contributed by atoms with Crippen molar-refractivity contribution in [1.82, 2.24) is 10.2 Å². The Bertz CT molecular complexity index is 574. The van der Waals surface area contributed by atoms with Gasteiger partial charge in [-0.05, 0) is 38.3 Å². The average molecular weight is 332 g/mol. The van der Waals surface area contributed by atoms with Crippen molar-refractivity contribution in [2.24, 2.45) is 0 Å². The zero-order chi connectivity index (χ0) is 17.4. The summed E-state index contributed by atoms with van der Waals surface area (Å²) in [6, 6.07) is 8.64. The maximum Gasteiger partial charge on any atom is 0.307 e. The molecule has 6 nitrogen and oxygen atoms in total. The van der Waals surface area contributed by atoms with Crippen molar-refractivity contribution >= 4 is 17.8 Å². The molecule has 0 spiro atoms. The Labute approximate surface area is 142 Å². The van der Waals surface area contributed by atoms with Crippen LogP contribution >= 0.6 is 0 Å². The van der Waals surface area contributed by atoms with Gasteiger partial charge in [0.2, 0.25) is 5.91 Å². The molecule has 1 heterocycles. The minimum Gasteiger partial charge on any atom is -0.466 e. The van der Waals surface area contributed by atoms with Gasteiger partial charge in [0.05, 0.1) is 19.6 Å². The second kappa shape index (κ2) is 9.05. The number of esters is 1. The van der Waals surface area contributed by atoms with Gasteiger partial charge >= 0.3 is 5.97 Å². The molecule has 130 valence electrons. The Morgan fingerprint density at radius 3 is 2.67 bits per heavy atom. The summed E-state index contributed by atoms with van der Waals surface area (Å²) in [7, 11) is 0. The van der Waals surface area contributed by atoms with Crippen LogP contribution in [0.1, 0.15) is 43.0 Å². The highest BCUT2D eigenvalue weighted by atomic mass is 16.5. The fraction of sp³-hybridized carbons (Fsp3) is 0.500. The van der Waals surface area contributed by atoms with Crippen LogP contribution in [0.25, 0.3) is 0 Å². The number of piperidine rings is 1. The van der Waals surface area contributed by atoms with E-state index in [4.69, 9.17) is 4.74 Å². The van der Waals surface area contributed by atoms with Gasteiger partial charge in [0.25, 0.3) is 5.91 Å². The normalized spacial score (nSPS) is 17.2. The van der Waals surface area contributed by atoms with Crippen LogP contribution in [0.4, 0.5) is 0 Å². The molecule has 1 fully saturated rings. The van der Waals surface area contributed by atoms with Crippen LogP contribution in [0.3, 0.4) is 0 Å². The molecule has 6 heteroatoms. The lowest BCUT2D eigenvalue weighted by Gasteiger charge is -2.35. The lowest BCUT2D eigenvalue weighted by Crippen LogP contribution is -2.48. The number of amides is 2. The molecule has 24 heavy (non-hydrogen) atoms. The number of likely N-dealkylation sites (tertiary alicyclic amines) is 1. The number of carbonyl (C=O) groups is 3.